The predicted molar refractivity (Wildman–Crippen MR) is 85.7 cm³/mol. The number of carbonyl (C=O) groups excluding carboxylic acids is 1. The molecule has 21 heavy (non-hydrogen) atoms. The number of esters is 1. The molecule has 0 unspecified atom stereocenters. The molecule has 5 nitrogen and oxygen atoms in total. The highest BCUT2D eigenvalue weighted by Crippen LogP contribution is 2.25. The van der Waals surface area contributed by atoms with Gasteiger partial charge in [0.1, 0.15) is 6.61 Å². The van der Waals surface area contributed by atoms with Crippen LogP contribution in [-0.4, -0.2) is 50.2 Å². The quantitative estimate of drug-likeness (QED) is 0.508. The summed E-state index contributed by atoms with van der Waals surface area (Å²) in [4.78, 5) is 16.8. The number of nitrogen functional groups attached to an aromatic ring is 1. The SMILES string of the molecule is C=CCOC(=O)c1cc(N)ccc1N1CCN(CC)CC1. The van der Waals surface area contributed by atoms with Crippen LogP contribution in [0.4, 0.5) is 11.4 Å². The summed E-state index contributed by atoms with van der Waals surface area (Å²) >= 11 is 0. The molecule has 1 aromatic rings. The Labute approximate surface area is 126 Å². The Hall–Kier alpha value is -2.01. The molecule has 2 rings (SSSR count). The number of rotatable bonds is 5. The van der Waals surface area contributed by atoms with E-state index in [0.29, 0.717) is 11.3 Å². The molecule has 2 N–H and O–H groups in total. The van der Waals surface area contributed by atoms with Crippen LogP contribution in [-0.2, 0) is 4.74 Å². The molecule has 1 aliphatic heterocycles. The maximum Gasteiger partial charge on any atom is 0.340 e. The van der Waals surface area contributed by atoms with Gasteiger partial charge in [0.15, 0.2) is 0 Å². The third-order valence-corrected chi connectivity index (χ3v) is 3.73. The van der Waals surface area contributed by atoms with Gasteiger partial charge in [0.25, 0.3) is 0 Å². The van der Waals surface area contributed by atoms with Crippen LogP contribution in [0.15, 0.2) is 30.9 Å². The Morgan fingerprint density at radius 3 is 2.71 bits per heavy atom. The normalized spacial score (nSPS) is 15.8. The lowest BCUT2D eigenvalue weighted by Gasteiger charge is -2.36. The van der Waals surface area contributed by atoms with Crippen molar-refractivity contribution in [3.63, 3.8) is 0 Å². The Balaban J connectivity index is 2.19. The van der Waals surface area contributed by atoms with E-state index < -0.39 is 0 Å². The fourth-order valence-electron chi connectivity index (χ4n) is 2.51. The number of benzene rings is 1. The second kappa shape index (κ2) is 7.13. The summed E-state index contributed by atoms with van der Waals surface area (Å²) in [5.74, 6) is -0.352. The third kappa shape index (κ3) is 3.76. The first-order valence-electron chi connectivity index (χ1n) is 7.30. The number of ether oxygens (including phenoxy) is 1. The Kier molecular flexibility index (Phi) is 5.22. The molecule has 5 heteroatoms. The molecule has 1 aliphatic rings. The maximum atomic E-state index is 12.2. The molecule has 0 atom stereocenters. The first-order valence-corrected chi connectivity index (χ1v) is 7.30. The number of anilines is 2. The molecular formula is C16H23N3O2. The van der Waals surface area contributed by atoms with Crippen molar-refractivity contribution in [3.8, 4) is 0 Å². The van der Waals surface area contributed by atoms with Crippen molar-refractivity contribution in [2.24, 2.45) is 0 Å². The number of nitrogens with zero attached hydrogens (tertiary/aromatic N) is 2. The molecule has 114 valence electrons. The van der Waals surface area contributed by atoms with E-state index in [2.05, 4.69) is 23.3 Å². The predicted octanol–water partition coefficient (Wildman–Crippen LogP) is 1.75. The van der Waals surface area contributed by atoms with Crippen molar-refractivity contribution in [1.82, 2.24) is 4.90 Å². The van der Waals surface area contributed by atoms with E-state index in [9.17, 15) is 4.79 Å². The molecule has 1 aromatic carbocycles. The Morgan fingerprint density at radius 2 is 2.10 bits per heavy atom. The van der Waals surface area contributed by atoms with Gasteiger partial charge < -0.3 is 20.3 Å². The van der Waals surface area contributed by atoms with Crippen LogP contribution in [0.3, 0.4) is 0 Å². The highest BCUT2D eigenvalue weighted by Gasteiger charge is 2.21. The van der Waals surface area contributed by atoms with Crippen molar-refractivity contribution in [1.29, 1.82) is 0 Å². The first-order chi connectivity index (χ1) is 10.2. The minimum atomic E-state index is -0.352. The zero-order chi connectivity index (χ0) is 15.2. The van der Waals surface area contributed by atoms with Gasteiger partial charge in [-0.1, -0.05) is 19.6 Å². The highest BCUT2D eigenvalue weighted by atomic mass is 16.5. The summed E-state index contributed by atoms with van der Waals surface area (Å²) in [7, 11) is 0. The molecular weight excluding hydrogens is 266 g/mol. The van der Waals surface area contributed by atoms with Crippen molar-refractivity contribution in [2.75, 3.05) is 50.0 Å². The fraction of sp³-hybridized carbons (Fsp3) is 0.438. The van der Waals surface area contributed by atoms with E-state index >= 15 is 0 Å². The average Bonchev–Trinajstić information content (AvgIpc) is 2.52. The topological polar surface area (TPSA) is 58.8 Å². The van der Waals surface area contributed by atoms with Crippen molar-refractivity contribution < 1.29 is 9.53 Å². The van der Waals surface area contributed by atoms with Crippen LogP contribution in [0, 0.1) is 0 Å². The molecule has 0 spiro atoms. The lowest BCUT2D eigenvalue weighted by Crippen LogP contribution is -2.46. The minimum Gasteiger partial charge on any atom is -0.458 e. The summed E-state index contributed by atoms with van der Waals surface area (Å²) < 4.78 is 5.16. The monoisotopic (exact) mass is 289 g/mol. The van der Waals surface area contributed by atoms with Crippen LogP contribution >= 0.6 is 0 Å². The van der Waals surface area contributed by atoms with Gasteiger partial charge in [-0.3, -0.25) is 0 Å². The third-order valence-electron chi connectivity index (χ3n) is 3.73. The van der Waals surface area contributed by atoms with E-state index in [1.807, 2.05) is 12.1 Å². The first kappa shape index (κ1) is 15.4. The van der Waals surface area contributed by atoms with E-state index in [0.717, 1.165) is 38.4 Å². The van der Waals surface area contributed by atoms with E-state index in [4.69, 9.17) is 10.5 Å². The standard InChI is InChI=1S/C16H23N3O2/c1-3-11-21-16(20)14-12-13(17)5-6-15(14)19-9-7-18(4-2)8-10-19/h3,5-6,12H,1,4,7-11,17H2,2H3. The molecule has 0 amide bonds. The summed E-state index contributed by atoms with van der Waals surface area (Å²) in [5, 5.41) is 0. The maximum absolute atomic E-state index is 12.2. The largest absolute Gasteiger partial charge is 0.458 e. The highest BCUT2D eigenvalue weighted by molar-refractivity contribution is 5.97. The van der Waals surface area contributed by atoms with Crippen LogP contribution in [0.2, 0.25) is 0 Å². The molecule has 1 heterocycles. The van der Waals surface area contributed by atoms with E-state index in [-0.39, 0.29) is 12.6 Å². The molecule has 0 radical (unpaired) electrons. The van der Waals surface area contributed by atoms with Gasteiger partial charge in [-0.25, -0.2) is 4.79 Å². The lowest BCUT2D eigenvalue weighted by molar-refractivity contribution is 0.0550. The fourth-order valence-corrected chi connectivity index (χ4v) is 2.51. The lowest BCUT2D eigenvalue weighted by atomic mass is 10.1. The number of nitrogens with two attached hydrogens (primary N) is 1. The van der Waals surface area contributed by atoms with Gasteiger partial charge in [0.05, 0.1) is 11.3 Å². The van der Waals surface area contributed by atoms with Crippen molar-refractivity contribution in [3.05, 3.63) is 36.4 Å². The molecule has 0 aromatic heterocycles. The number of piperazine rings is 1. The second-order valence-electron chi connectivity index (χ2n) is 5.09. The number of carbonyl (C=O) groups is 1. The van der Waals surface area contributed by atoms with Crippen LogP contribution in [0.1, 0.15) is 17.3 Å². The van der Waals surface area contributed by atoms with Gasteiger partial charge in [0.2, 0.25) is 0 Å². The van der Waals surface area contributed by atoms with Gasteiger partial charge in [-0.15, -0.1) is 0 Å². The summed E-state index contributed by atoms with van der Waals surface area (Å²) in [6.07, 6.45) is 1.56. The van der Waals surface area contributed by atoms with Crippen molar-refractivity contribution >= 4 is 17.3 Å². The van der Waals surface area contributed by atoms with Gasteiger partial charge >= 0.3 is 5.97 Å². The van der Waals surface area contributed by atoms with Gasteiger partial charge in [0, 0.05) is 31.9 Å². The van der Waals surface area contributed by atoms with Crippen LogP contribution in [0.5, 0.6) is 0 Å². The smallest absolute Gasteiger partial charge is 0.340 e. The Morgan fingerprint density at radius 1 is 1.38 bits per heavy atom. The minimum absolute atomic E-state index is 0.205. The Bertz CT molecular complexity index is 508. The summed E-state index contributed by atoms with van der Waals surface area (Å²) in [6.45, 7) is 10.8. The second-order valence-corrected chi connectivity index (χ2v) is 5.09. The number of hydrogen-bond donors (Lipinski definition) is 1. The zero-order valence-corrected chi connectivity index (χ0v) is 12.5. The number of likely N-dealkylation sites (N-methyl/N-ethyl adjacent to an activating group) is 1. The molecule has 1 fully saturated rings. The van der Waals surface area contributed by atoms with Gasteiger partial charge in [-0.2, -0.15) is 0 Å². The zero-order valence-electron chi connectivity index (χ0n) is 12.5. The molecule has 0 saturated carbocycles. The van der Waals surface area contributed by atoms with Gasteiger partial charge in [-0.05, 0) is 24.7 Å². The summed E-state index contributed by atoms with van der Waals surface area (Å²) in [5.41, 5.74) is 7.81. The van der Waals surface area contributed by atoms with E-state index in [1.54, 1.807) is 12.1 Å². The summed E-state index contributed by atoms with van der Waals surface area (Å²) in [6, 6.07) is 5.42. The number of hydrogen-bond acceptors (Lipinski definition) is 5. The van der Waals surface area contributed by atoms with Crippen LogP contribution in [0.25, 0.3) is 0 Å². The van der Waals surface area contributed by atoms with Crippen LogP contribution < -0.4 is 10.6 Å². The van der Waals surface area contributed by atoms with E-state index in [1.165, 1.54) is 0 Å². The molecule has 0 aliphatic carbocycles. The molecule has 1 saturated heterocycles. The molecule has 0 bridgehead atoms. The van der Waals surface area contributed by atoms with Crippen molar-refractivity contribution in [2.45, 2.75) is 6.92 Å². The average molecular weight is 289 g/mol.